The average molecular weight is 434 g/mol. The molecule has 0 aromatic rings. The van der Waals surface area contributed by atoms with Crippen LogP contribution in [0.3, 0.4) is 0 Å². The molecule has 0 saturated carbocycles. The first kappa shape index (κ1) is 24.6. The van der Waals surface area contributed by atoms with Crippen LogP contribution in [0.2, 0.25) is 0 Å². The second-order valence-electron chi connectivity index (χ2n) is 7.68. The Labute approximate surface area is 182 Å². The first-order chi connectivity index (χ1) is 14.7. The highest BCUT2D eigenvalue weighted by Gasteiger charge is 2.45. The Hall–Kier alpha value is -2.71. The molecule has 1 fully saturated rings. The fraction of sp³-hybridized carbons (Fsp3) is 0.522. The van der Waals surface area contributed by atoms with Crippen molar-refractivity contribution < 1.29 is 38.4 Å². The Bertz CT molecular complexity index is 819. The van der Waals surface area contributed by atoms with Crippen LogP contribution in [0.1, 0.15) is 33.6 Å². The Morgan fingerprint density at radius 3 is 2.65 bits per heavy atom. The normalized spacial score (nSPS) is 30.3. The highest BCUT2D eigenvalue weighted by Crippen LogP contribution is 2.37. The van der Waals surface area contributed by atoms with E-state index in [1.54, 1.807) is 27.0 Å². The van der Waals surface area contributed by atoms with Crippen LogP contribution in [0.4, 0.5) is 0 Å². The zero-order chi connectivity index (χ0) is 23.1. The zero-order valence-corrected chi connectivity index (χ0v) is 18.4. The molecule has 0 bridgehead atoms. The minimum Gasteiger partial charge on any atom is -0.458 e. The van der Waals surface area contributed by atoms with Crippen LogP contribution in [-0.2, 0) is 33.3 Å². The summed E-state index contributed by atoms with van der Waals surface area (Å²) in [6, 6.07) is 0. The van der Waals surface area contributed by atoms with Crippen LogP contribution < -0.4 is 0 Å². The SMILES string of the molecule is C=C1C(=O)O[C@@H]2/C=C(\C)[C@@H](OC(C)=O)C/C=C(\COC)C[C@@H](OC(=O)/C(C)=C/CO)[C@@H]12. The van der Waals surface area contributed by atoms with E-state index in [1.807, 2.05) is 6.08 Å². The lowest BCUT2D eigenvalue weighted by Crippen LogP contribution is -2.35. The van der Waals surface area contributed by atoms with Crippen LogP contribution in [0.25, 0.3) is 0 Å². The summed E-state index contributed by atoms with van der Waals surface area (Å²) in [5, 5.41) is 9.07. The van der Waals surface area contributed by atoms with Gasteiger partial charge in [-0.25, -0.2) is 9.59 Å². The van der Waals surface area contributed by atoms with E-state index in [9.17, 15) is 14.4 Å². The lowest BCUT2D eigenvalue weighted by atomic mass is 9.85. The van der Waals surface area contributed by atoms with Gasteiger partial charge in [-0.15, -0.1) is 0 Å². The molecule has 1 saturated heterocycles. The number of hydrogen-bond donors (Lipinski definition) is 1. The summed E-state index contributed by atoms with van der Waals surface area (Å²) in [6.45, 7) is 8.51. The third-order valence-corrected chi connectivity index (χ3v) is 5.30. The van der Waals surface area contributed by atoms with Crippen LogP contribution in [0.15, 0.2) is 47.1 Å². The van der Waals surface area contributed by atoms with Crippen molar-refractivity contribution in [3.63, 3.8) is 0 Å². The lowest BCUT2D eigenvalue weighted by Gasteiger charge is -2.29. The molecule has 8 heteroatoms. The molecule has 2 aliphatic rings. The van der Waals surface area contributed by atoms with E-state index in [0.29, 0.717) is 12.0 Å². The molecule has 1 heterocycles. The average Bonchev–Trinajstić information content (AvgIpc) is 2.97. The summed E-state index contributed by atoms with van der Waals surface area (Å²) in [7, 11) is 1.55. The van der Waals surface area contributed by atoms with Crippen LogP contribution in [0.5, 0.6) is 0 Å². The van der Waals surface area contributed by atoms with E-state index >= 15 is 0 Å². The molecule has 0 radical (unpaired) electrons. The second kappa shape index (κ2) is 11.1. The number of fused-ring (bicyclic) bond motifs is 1. The molecule has 1 aliphatic heterocycles. The fourth-order valence-electron chi connectivity index (χ4n) is 3.69. The third-order valence-electron chi connectivity index (χ3n) is 5.30. The van der Waals surface area contributed by atoms with E-state index in [1.165, 1.54) is 13.0 Å². The second-order valence-corrected chi connectivity index (χ2v) is 7.68. The Balaban J connectivity index is 2.48. The van der Waals surface area contributed by atoms with Crippen molar-refractivity contribution in [1.29, 1.82) is 0 Å². The number of ether oxygens (including phenoxy) is 4. The maximum Gasteiger partial charge on any atom is 0.334 e. The topological polar surface area (TPSA) is 108 Å². The summed E-state index contributed by atoms with van der Waals surface area (Å²) < 4.78 is 22.0. The summed E-state index contributed by atoms with van der Waals surface area (Å²) in [6.07, 6.45) is 3.66. The highest BCUT2D eigenvalue weighted by atomic mass is 16.6. The minimum atomic E-state index is -0.741. The predicted octanol–water partition coefficient (Wildman–Crippen LogP) is 2.18. The Morgan fingerprint density at radius 1 is 1.32 bits per heavy atom. The number of carbonyl (C=O) groups is 3. The Morgan fingerprint density at radius 2 is 2.03 bits per heavy atom. The number of aliphatic hydroxyl groups is 1. The van der Waals surface area contributed by atoms with Gasteiger partial charge in [0.1, 0.15) is 18.3 Å². The first-order valence-electron chi connectivity index (χ1n) is 10.1. The number of esters is 3. The van der Waals surface area contributed by atoms with Gasteiger partial charge in [0.05, 0.1) is 19.1 Å². The summed E-state index contributed by atoms with van der Waals surface area (Å²) in [4.78, 5) is 36.4. The van der Waals surface area contributed by atoms with Crippen molar-refractivity contribution in [2.75, 3.05) is 20.3 Å². The molecule has 8 nitrogen and oxygen atoms in total. The molecule has 0 unspecified atom stereocenters. The van der Waals surface area contributed by atoms with Gasteiger partial charge < -0.3 is 24.1 Å². The number of rotatable bonds is 6. The highest BCUT2D eigenvalue weighted by molar-refractivity contribution is 5.92. The van der Waals surface area contributed by atoms with Gasteiger partial charge in [-0.2, -0.15) is 0 Å². The number of methoxy groups -OCH3 is 1. The van der Waals surface area contributed by atoms with E-state index in [4.69, 9.17) is 24.1 Å². The van der Waals surface area contributed by atoms with Gasteiger partial charge in [-0.3, -0.25) is 4.79 Å². The zero-order valence-electron chi connectivity index (χ0n) is 18.4. The minimum absolute atomic E-state index is 0.206. The van der Waals surface area contributed by atoms with Crippen molar-refractivity contribution >= 4 is 17.9 Å². The van der Waals surface area contributed by atoms with Gasteiger partial charge in [0.25, 0.3) is 0 Å². The summed E-state index contributed by atoms with van der Waals surface area (Å²) in [5.41, 5.74) is 1.99. The van der Waals surface area contributed by atoms with Gasteiger partial charge in [-0.1, -0.05) is 12.7 Å². The number of hydrogen-bond acceptors (Lipinski definition) is 8. The lowest BCUT2D eigenvalue weighted by molar-refractivity contribution is -0.148. The largest absolute Gasteiger partial charge is 0.458 e. The van der Waals surface area contributed by atoms with Crippen LogP contribution >= 0.6 is 0 Å². The smallest absolute Gasteiger partial charge is 0.334 e. The number of aliphatic hydroxyl groups excluding tert-OH is 1. The van der Waals surface area contributed by atoms with Gasteiger partial charge in [-0.05, 0) is 37.1 Å². The molecule has 0 amide bonds. The number of carbonyl (C=O) groups excluding carboxylic acids is 3. The van der Waals surface area contributed by atoms with E-state index < -0.39 is 42.1 Å². The molecule has 1 N–H and O–H groups in total. The van der Waals surface area contributed by atoms with Gasteiger partial charge in [0.2, 0.25) is 0 Å². The Kier molecular flexibility index (Phi) is 8.76. The molecule has 31 heavy (non-hydrogen) atoms. The molecular weight excluding hydrogens is 404 g/mol. The van der Waals surface area contributed by atoms with Crippen LogP contribution in [-0.4, -0.2) is 61.6 Å². The summed E-state index contributed by atoms with van der Waals surface area (Å²) in [5.74, 6) is -2.20. The van der Waals surface area contributed by atoms with E-state index in [0.717, 1.165) is 5.57 Å². The maximum absolute atomic E-state index is 12.6. The first-order valence-corrected chi connectivity index (χ1v) is 10.1. The summed E-state index contributed by atoms with van der Waals surface area (Å²) >= 11 is 0. The van der Waals surface area contributed by atoms with Crippen molar-refractivity contribution in [2.24, 2.45) is 5.92 Å². The molecule has 2 rings (SSSR count). The van der Waals surface area contributed by atoms with Crippen molar-refractivity contribution in [3.8, 4) is 0 Å². The molecule has 0 aromatic heterocycles. The van der Waals surface area contributed by atoms with Gasteiger partial charge in [0.15, 0.2) is 0 Å². The standard InChI is InChI=1S/C23H30O8/c1-13(8-9-24)22(26)30-20-11-17(12-28-5)6-7-18(29-16(4)25)14(2)10-19-21(20)15(3)23(27)31-19/h6,8,10,18-21,24H,3,7,9,11-12H2,1-2,4-5H3/b13-8+,14-10+,17-6-/t18-,19+,20+,21-/m0/s1. The quantitative estimate of drug-likeness (QED) is 0.293. The molecule has 0 aromatic carbocycles. The molecule has 1 aliphatic carbocycles. The fourth-order valence-corrected chi connectivity index (χ4v) is 3.69. The van der Waals surface area contributed by atoms with Crippen molar-refractivity contribution in [2.45, 2.75) is 51.9 Å². The molecule has 170 valence electrons. The molecule has 4 atom stereocenters. The third kappa shape index (κ3) is 6.38. The van der Waals surface area contributed by atoms with Crippen molar-refractivity contribution in [3.05, 3.63) is 47.1 Å². The molecular formula is C23H30O8. The van der Waals surface area contributed by atoms with Crippen molar-refractivity contribution in [1.82, 2.24) is 0 Å². The van der Waals surface area contributed by atoms with Crippen LogP contribution in [0, 0.1) is 5.92 Å². The van der Waals surface area contributed by atoms with E-state index in [2.05, 4.69) is 6.58 Å². The van der Waals surface area contributed by atoms with Gasteiger partial charge >= 0.3 is 17.9 Å². The molecule has 0 spiro atoms. The maximum atomic E-state index is 12.6. The van der Waals surface area contributed by atoms with E-state index in [-0.39, 0.29) is 30.8 Å². The monoisotopic (exact) mass is 434 g/mol. The van der Waals surface area contributed by atoms with Gasteiger partial charge in [0, 0.05) is 38.0 Å². The predicted molar refractivity (Wildman–Crippen MR) is 112 cm³/mol.